The Morgan fingerprint density at radius 2 is 2.38 bits per heavy atom. The standard InChI is InChI=1S/C11H14N2O3/c1-7-6-13(11(16)12-10(7)15)5-4-8-2-3-9(8)14/h4,6,9,14H,2-3,5H2,1H3,(H,12,15,16)/b8-4-. The molecule has 0 radical (unpaired) electrons. The van der Waals surface area contributed by atoms with E-state index in [1.807, 2.05) is 6.08 Å². The topological polar surface area (TPSA) is 75.1 Å². The smallest absolute Gasteiger partial charge is 0.328 e. The normalized spacial score (nSPS) is 22.1. The van der Waals surface area contributed by atoms with E-state index < -0.39 is 5.69 Å². The highest BCUT2D eigenvalue weighted by molar-refractivity contribution is 5.16. The lowest BCUT2D eigenvalue weighted by Crippen LogP contribution is -2.31. The lowest BCUT2D eigenvalue weighted by atomic mass is 9.88. The number of nitrogens with zero attached hydrogens (tertiary/aromatic N) is 1. The molecule has 1 aliphatic rings. The maximum atomic E-state index is 11.4. The summed E-state index contributed by atoms with van der Waals surface area (Å²) in [5, 5.41) is 9.34. The number of hydrogen-bond donors (Lipinski definition) is 2. The van der Waals surface area contributed by atoms with Crippen molar-refractivity contribution in [3.8, 4) is 0 Å². The molecule has 0 aromatic carbocycles. The van der Waals surface area contributed by atoms with Crippen molar-refractivity contribution in [1.82, 2.24) is 9.55 Å². The van der Waals surface area contributed by atoms with Crippen LogP contribution in [0.5, 0.6) is 0 Å². The summed E-state index contributed by atoms with van der Waals surface area (Å²) in [7, 11) is 0. The van der Waals surface area contributed by atoms with Crippen molar-refractivity contribution in [2.24, 2.45) is 0 Å². The third-order valence-corrected chi connectivity index (χ3v) is 2.87. The van der Waals surface area contributed by atoms with Gasteiger partial charge in [0.1, 0.15) is 0 Å². The van der Waals surface area contributed by atoms with Gasteiger partial charge in [0.25, 0.3) is 5.56 Å². The third kappa shape index (κ3) is 1.99. The van der Waals surface area contributed by atoms with Crippen molar-refractivity contribution in [2.75, 3.05) is 0 Å². The molecule has 2 N–H and O–H groups in total. The first kappa shape index (κ1) is 10.9. The number of aryl methyl sites for hydroxylation is 1. The molecule has 0 amide bonds. The summed E-state index contributed by atoms with van der Waals surface area (Å²) in [5.74, 6) is 0. The van der Waals surface area contributed by atoms with Crippen LogP contribution in [0, 0.1) is 6.92 Å². The molecule has 16 heavy (non-hydrogen) atoms. The van der Waals surface area contributed by atoms with Gasteiger partial charge in [0.15, 0.2) is 0 Å². The second-order valence-electron chi connectivity index (χ2n) is 4.06. The van der Waals surface area contributed by atoms with E-state index in [0.29, 0.717) is 12.1 Å². The van der Waals surface area contributed by atoms with Crippen molar-refractivity contribution in [3.63, 3.8) is 0 Å². The molecule has 2 rings (SSSR count). The Balaban J connectivity index is 2.22. The Kier molecular flexibility index (Phi) is 2.78. The molecular weight excluding hydrogens is 208 g/mol. The summed E-state index contributed by atoms with van der Waals surface area (Å²) in [6, 6.07) is 0. The highest BCUT2D eigenvalue weighted by atomic mass is 16.3. The van der Waals surface area contributed by atoms with Gasteiger partial charge in [0, 0.05) is 18.3 Å². The van der Waals surface area contributed by atoms with Gasteiger partial charge >= 0.3 is 5.69 Å². The molecule has 0 bridgehead atoms. The number of aromatic amines is 1. The zero-order valence-electron chi connectivity index (χ0n) is 9.06. The van der Waals surface area contributed by atoms with Gasteiger partial charge < -0.3 is 5.11 Å². The maximum absolute atomic E-state index is 11.4. The van der Waals surface area contributed by atoms with Gasteiger partial charge in [-0.3, -0.25) is 14.3 Å². The molecule has 5 heteroatoms. The Labute approximate surface area is 92.1 Å². The van der Waals surface area contributed by atoms with E-state index in [1.54, 1.807) is 6.92 Å². The number of rotatable bonds is 2. The van der Waals surface area contributed by atoms with Crippen LogP contribution < -0.4 is 11.2 Å². The van der Waals surface area contributed by atoms with Gasteiger partial charge in [-0.25, -0.2) is 4.79 Å². The minimum Gasteiger partial charge on any atom is -0.389 e. The molecule has 1 aromatic rings. The molecule has 86 valence electrons. The summed E-state index contributed by atoms with van der Waals surface area (Å²) in [4.78, 5) is 24.8. The number of hydrogen-bond acceptors (Lipinski definition) is 3. The van der Waals surface area contributed by atoms with E-state index in [2.05, 4.69) is 4.98 Å². The number of allylic oxidation sites excluding steroid dienone is 1. The maximum Gasteiger partial charge on any atom is 0.328 e. The van der Waals surface area contributed by atoms with Gasteiger partial charge in [-0.05, 0) is 25.3 Å². The molecule has 1 heterocycles. The molecule has 0 spiro atoms. The van der Waals surface area contributed by atoms with E-state index in [4.69, 9.17) is 0 Å². The molecule has 1 atom stereocenters. The van der Waals surface area contributed by atoms with Crippen LogP contribution in [0.4, 0.5) is 0 Å². The van der Waals surface area contributed by atoms with Crippen molar-refractivity contribution in [1.29, 1.82) is 0 Å². The lowest BCUT2D eigenvalue weighted by molar-refractivity contribution is 0.156. The predicted molar refractivity (Wildman–Crippen MR) is 59.4 cm³/mol. The third-order valence-electron chi connectivity index (χ3n) is 2.87. The monoisotopic (exact) mass is 222 g/mol. The van der Waals surface area contributed by atoms with E-state index >= 15 is 0 Å². The molecule has 1 aliphatic carbocycles. The highest BCUT2D eigenvalue weighted by Crippen LogP contribution is 2.25. The average molecular weight is 222 g/mol. The summed E-state index contributed by atoms with van der Waals surface area (Å²) in [5.41, 5.74) is 0.710. The molecule has 0 aliphatic heterocycles. The minimum absolute atomic E-state index is 0.348. The number of aromatic nitrogens is 2. The van der Waals surface area contributed by atoms with Crippen LogP contribution in [-0.4, -0.2) is 20.8 Å². The molecular formula is C11H14N2O3. The van der Waals surface area contributed by atoms with Crippen LogP contribution in [-0.2, 0) is 6.54 Å². The fourth-order valence-electron chi connectivity index (χ4n) is 1.65. The zero-order valence-corrected chi connectivity index (χ0v) is 9.06. The number of aliphatic hydroxyl groups excluding tert-OH is 1. The SMILES string of the molecule is Cc1cn(C/C=C2/CCC2O)c(=O)[nH]c1=O. The number of aliphatic hydroxyl groups is 1. The highest BCUT2D eigenvalue weighted by Gasteiger charge is 2.20. The summed E-state index contributed by atoms with van der Waals surface area (Å²) in [6.45, 7) is 2.04. The van der Waals surface area contributed by atoms with Crippen molar-refractivity contribution < 1.29 is 5.11 Å². The van der Waals surface area contributed by atoms with E-state index in [9.17, 15) is 14.7 Å². The second-order valence-corrected chi connectivity index (χ2v) is 4.06. The van der Waals surface area contributed by atoms with Crippen molar-refractivity contribution >= 4 is 0 Å². The van der Waals surface area contributed by atoms with Crippen LogP contribution in [0.3, 0.4) is 0 Å². The first-order chi connectivity index (χ1) is 7.58. The number of H-pyrrole nitrogens is 1. The Hall–Kier alpha value is -1.62. The number of nitrogens with one attached hydrogen (secondary N) is 1. The first-order valence-electron chi connectivity index (χ1n) is 5.25. The minimum atomic E-state index is -0.415. The predicted octanol–water partition coefficient (Wildman–Crippen LogP) is -0.0739. The second kappa shape index (κ2) is 4.09. The van der Waals surface area contributed by atoms with Gasteiger partial charge in [-0.2, -0.15) is 0 Å². The van der Waals surface area contributed by atoms with Gasteiger partial charge in [0.05, 0.1) is 6.10 Å². The van der Waals surface area contributed by atoms with Gasteiger partial charge in [-0.15, -0.1) is 0 Å². The van der Waals surface area contributed by atoms with Crippen LogP contribution in [0.25, 0.3) is 0 Å². The van der Waals surface area contributed by atoms with Crippen LogP contribution in [0.1, 0.15) is 18.4 Å². The van der Waals surface area contributed by atoms with Crippen molar-refractivity contribution in [2.45, 2.75) is 32.4 Å². The molecule has 1 saturated carbocycles. The molecule has 0 saturated heterocycles. The van der Waals surface area contributed by atoms with E-state index in [1.165, 1.54) is 10.8 Å². The van der Waals surface area contributed by atoms with Crippen LogP contribution in [0.2, 0.25) is 0 Å². The van der Waals surface area contributed by atoms with E-state index in [0.717, 1.165) is 18.4 Å². The van der Waals surface area contributed by atoms with Crippen LogP contribution >= 0.6 is 0 Å². The fourth-order valence-corrected chi connectivity index (χ4v) is 1.65. The Morgan fingerprint density at radius 1 is 1.62 bits per heavy atom. The summed E-state index contributed by atoms with van der Waals surface area (Å²) >= 11 is 0. The Morgan fingerprint density at radius 3 is 2.94 bits per heavy atom. The van der Waals surface area contributed by atoms with Crippen molar-refractivity contribution in [3.05, 3.63) is 44.2 Å². The molecule has 1 unspecified atom stereocenters. The molecule has 1 aromatic heterocycles. The summed E-state index contributed by atoms with van der Waals surface area (Å²) in [6.07, 6.45) is 4.71. The van der Waals surface area contributed by atoms with Gasteiger partial charge in [-0.1, -0.05) is 6.08 Å². The largest absolute Gasteiger partial charge is 0.389 e. The van der Waals surface area contributed by atoms with Crippen LogP contribution in [0.15, 0.2) is 27.4 Å². The fraction of sp³-hybridized carbons (Fsp3) is 0.455. The summed E-state index contributed by atoms with van der Waals surface area (Å²) < 4.78 is 1.43. The quantitative estimate of drug-likeness (QED) is 0.687. The molecule has 5 nitrogen and oxygen atoms in total. The Bertz CT molecular complexity index is 539. The lowest BCUT2D eigenvalue weighted by Gasteiger charge is -2.24. The molecule has 1 fully saturated rings. The zero-order chi connectivity index (χ0) is 11.7. The van der Waals surface area contributed by atoms with E-state index in [-0.39, 0.29) is 11.7 Å². The average Bonchev–Trinajstić information content (AvgIpc) is 2.23. The van der Waals surface area contributed by atoms with Gasteiger partial charge in [0.2, 0.25) is 0 Å². The first-order valence-corrected chi connectivity index (χ1v) is 5.25.